The average Bonchev–Trinajstić information content (AvgIpc) is 2.95. The summed E-state index contributed by atoms with van der Waals surface area (Å²) in [5, 5.41) is 4.25. The molecule has 1 saturated carbocycles. The summed E-state index contributed by atoms with van der Waals surface area (Å²) in [4.78, 5) is 42.8. The normalized spacial score (nSPS) is 15.2. The molecule has 26 heavy (non-hydrogen) atoms. The van der Waals surface area contributed by atoms with Crippen molar-refractivity contribution in [3.63, 3.8) is 0 Å². The van der Waals surface area contributed by atoms with Gasteiger partial charge in [0.1, 0.15) is 5.69 Å². The number of H-pyrrole nitrogens is 2. The second kappa shape index (κ2) is 7.72. The van der Waals surface area contributed by atoms with Gasteiger partial charge in [0.2, 0.25) is 0 Å². The van der Waals surface area contributed by atoms with Crippen molar-refractivity contribution in [2.75, 3.05) is 6.54 Å². The number of hydrogen-bond donors (Lipinski definition) is 2. The molecule has 0 saturated heterocycles. The van der Waals surface area contributed by atoms with Gasteiger partial charge in [-0.15, -0.1) is 0 Å². The average molecular weight is 359 g/mol. The third kappa shape index (κ3) is 4.12. The van der Waals surface area contributed by atoms with E-state index in [0.717, 1.165) is 18.5 Å². The standard InChI is InChI=1S/C18H25N5O3/c1-12-8-15(22(2)21-12)17(25)23(10-13-6-4-3-5-7-13)11-14-9-19-18(26)20-16(14)24/h8-9,13H,3-7,10-11H2,1-2H3,(H2,19,20,24,26). The quantitative estimate of drug-likeness (QED) is 0.840. The van der Waals surface area contributed by atoms with Gasteiger partial charge < -0.3 is 9.88 Å². The van der Waals surface area contributed by atoms with Gasteiger partial charge in [0.05, 0.1) is 17.8 Å². The molecule has 2 aromatic heterocycles. The number of amides is 1. The number of carbonyl (C=O) groups is 1. The lowest BCUT2D eigenvalue weighted by Crippen LogP contribution is -2.38. The van der Waals surface area contributed by atoms with Crippen LogP contribution in [-0.2, 0) is 13.6 Å². The summed E-state index contributed by atoms with van der Waals surface area (Å²) in [6.45, 7) is 2.60. The molecule has 2 aromatic rings. The van der Waals surface area contributed by atoms with Crippen molar-refractivity contribution in [2.45, 2.75) is 45.6 Å². The van der Waals surface area contributed by atoms with Crippen molar-refractivity contribution in [3.05, 3.63) is 50.1 Å². The minimum absolute atomic E-state index is 0.149. The van der Waals surface area contributed by atoms with E-state index in [1.807, 2.05) is 6.92 Å². The van der Waals surface area contributed by atoms with E-state index in [-0.39, 0.29) is 12.5 Å². The second-order valence-electron chi connectivity index (χ2n) is 7.08. The lowest BCUT2D eigenvalue weighted by atomic mass is 9.89. The molecule has 0 atom stereocenters. The second-order valence-corrected chi connectivity index (χ2v) is 7.08. The highest BCUT2D eigenvalue weighted by atomic mass is 16.2. The molecular weight excluding hydrogens is 334 g/mol. The van der Waals surface area contributed by atoms with Gasteiger partial charge in [-0.25, -0.2) is 4.79 Å². The lowest BCUT2D eigenvalue weighted by Gasteiger charge is -2.29. The molecule has 1 aliphatic rings. The highest BCUT2D eigenvalue weighted by molar-refractivity contribution is 5.92. The fraction of sp³-hybridized carbons (Fsp3) is 0.556. The van der Waals surface area contributed by atoms with Gasteiger partial charge in [0, 0.05) is 19.8 Å². The summed E-state index contributed by atoms with van der Waals surface area (Å²) in [6, 6.07) is 1.76. The molecule has 8 heteroatoms. The minimum Gasteiger partial charge on any atom is -0.332 e. The van der Waals surface area contributed by atoms with E-state index in [1.165, 1.54) is 25.5 Å². The number of rotatable bonds is 5. The molecule has 0 bridgehead atoms. The SMILES string of the molecule is Cc1cc(C(=O)N(Cc2c[nH]c(=O)[nH]c2=O)CC2CCCCC2)n(C)n1. The molecule has 0 aromatic carbocycles. The Morgan fingerprint density at radius 1 is 1.31 bits per heavy atom. The van der Waals surface area contributed by atoms with Gasteiger partial charge in [0.25, 0.3) is 11.5 Å². The van der Waals surface area contributed by atoms with E-state index in [1.54, 1.807) is 22.7 Å². The van der Waals surface area contributed by atoms with Gasteiger partial charge in [-0.1, -0.05) is 19.3 Å². The van der Waals surface area contributed by atoms with E-state index in [4.69, 9.17) is 0 Å². The maximum absolute atomic E-state index is 13.1. The van der Waals surface area contributed by atoms with Crippen LogP contribution in [0.1, 0.15) is 53.8 Å². The van der Waals surface area contributed by atoms with Crippen LogP contribution in [-0.4, -0.2) is 37.1 Å². The van der Waals surface area contributed by atoms with Crippen LogP contribution < -0.4 is 11.2 Å². The number of aromatic amines is 2. The predicted octanol–water partition coefficient (Wildman–Crippen LogP) is 1.33. The predicted molar refractivity (Wildman–Crippen MR) is 96.9 cm³/mol. The first-order chi connectivity index (χ1) is 12.4. The van der Waals surface area contributed by atoms with E-state index in [0.29, 0.717) is 23.7 Å². The Hall–Kier alpha value is -2.64. The molecule has 0 spiro atoms. The van der Waals surface area contributed by atoms with Crippen molar-refractivity contribution < 1.29 is 4.79 Å². The summed E-state index contributed by atoms with van der Waals surface area (Å²) < 4.78 is 1.57. The first-order valence-corrected chi connectivity index (χ1v) is 9.05. The fourth-order valence-electron chi connectivity index (χ4n) is 3.63. The van der Waals surface area contributed by atoms with Crippen LogP contribution in [0.15, 0.2) is 21.9 Å². The Morgan fingerprint density at radius 2 is 2.04 bits per heavy atom. The Kier molecular flexibility index (Phi) is 5.39. The Labute approximate surface area is 151 Å². The molecule has 8 nitrogen and oxygen atoms in total. The Bertz CT molecular complexity index is 889. The van der Waals surface area contributed by atoms with Crippen LogP contribution in [0.4, 0.5) is 0 Å². The smallest absolute Gasteiger partial charge is 0.325 e. The summed E-state index contributed by atoms with van der Waals surface area (Å²) >= 11 is 0. The number of carbonyl (C=O) groups excluding carboxylic acids is 1. The number of nitrogens with one attached hydrogen (secondary N) is 2. The summed E-state index contributed by atoms with van der Waals surface area (Å²) in [5.74, 6) is 0.285. The molecular formula is C18H25N5O3. The van der Waals surface area contributed by atoms with Crippen LogP contribution in [0.3, 0.4) is 0 Å². The summed E-state index contributed by atoms with van der Waals surface area (Å²) in [5.41, 5.74) is 0.629. The topological polar surface area (TPSA) is 104 Å². The Balaban J connectivity index is 1.87. The molecule has 3 rings (SSSR count). The molecule has 1 fully saturated rings. The molecule has 0 radical (unpaired) electrons. The maximum atomic E-state index is 13.1. The highest BCUT2D eigenvalue weighted by Gasteiger charge is 2.25. The third-order valence-corrected chi connectivity index (χ3v) is 4.97. The summed E-state index contributed by atoms with van der Waals surface area (Å²) in [6.07, 6.45) is 7.17. The van der Waals surface area contributed by atoms with E-state index in [2.05, 4.69) is 15.1 Å². The lowest BCUT2D eigenvalue weighted by molar-refractivity contribution is 0.0687. The molecule has 1 aliphatic carbocycles. The van der Waals surface area contributed by atoms with E-state index >= 15 is 0 Å². The molecule has 0 unspecified atom stereocenters. The zero-order valence-corrected chi connectivity index (χ0v) is 15.2. The van der Waals surface area contributed by atoms with Gasteiger partial charge >= 0.3 is 5.69 Å². The maximum Gasteiger partial charge on any atom is 0.325 e. The first-order valence-electron chi connectivity index (χ1n) is 9.05. The van der Waals surface area contributed by atoms with Crippen molar-refractivity contribution in [2.24, 2.45) is 13.0 Å². The molecule has 2 heterocycles. The van der Waals surface area contributed by atoms with Crippen LogP contribution in [0, 0.1) is 12.8 Å². The zero-order chi connectivity index (χ0) is 18.7. The molecule has 2 N–H and O–H groups in total. The molecule has 1 amide bonds. The monoisotopic (exact) mass is 359 g/mol. The van der Waals surface area contributed by atoms with Gasteiger partial charge in [0.15, 0.2) is 0 Å². The van der Waals surface area contributed by atoms with Crippen LogP contribution >= 0.6 is 0 Å². The van der Waals surface area contributed by atoms with E-state index < -0.39 is 11.2 Å². The number of hydrogen-bond acceptors (Lipinski definition) is 4. The van der Waals surface area contributed by atoms with Gasteiger partial charge in [-0.05, 0) is 31.7 Å². The summed E-state index contributed by atoms with van der Waals surface area (Å²) in [7, 11) is 1.74. The number of aromatic nitrogens is 4. The van der Waals surface area contributed by atoms with Crippen molar-refractivity contribution in [3.8, 4) is 0 Å². The largest absolute Gasteiger partial charge is 0.332 e. The minimum atomic E-state index is -0.550. The van der Waals surface area contributed by atoms with Crippen molar-refractivity contribution in [1.82, 2.24) is 24.6 Å². The highest BCUT2D eigenvalue weighted by Crippen LogP contribution is 2.25. The van der Waals surface area contributed by atoms with Crippen molar-refractivity contribution >= 4 is 5.91 Å². The molecule has 140 valence electrons. The van der Waals surface area contributed by atoms with Gasteiger partial charge in [-0.3, -0.25) is 19.3 Å². The van der Waals surface area contributed by atoms with Crippen molar-refractivity contribution in [1.29, 1.82) is 0 Å². The van der Waals surface area contributed by atoms with E-state index in [9.17, 15) is 14.4 Å². The number of aryl methyl sites for hydroxylation is 2. The third-order valence-electron chi connectivity index (χ3n) is 4.97. The van der Waals surface area contributed by atoms with Crippen LogP contribution in [0.5, 0.6) is 0 Å². The van der Waals surface area contributed by atoms with Crippen LogP contribution in [0.25, 0.3) is 0 Å². The van der Waals surface area contributed by atoms with Crippen LogP contribution in [0.2, 0.25) is 0 Å². The Morgan fingerprint density at radius 3 is 2.65 bits per heavy atom. The first kappa shape index (κ1) is 18.2. The van der Waals surface area contributed by atoms with Gasteiger partial charge in [-0.2, -0.15) is 5.10 Å². The zero-order valence-electron chi connectivity index (χ0n) is 15.2. The number of nitrogens with zero attached hydrogens (tertiary/aromatic N) is 3. The fourth-order valence-corrected chi connectivity index (χ4v) is 3.63. The molecule has 0 aliphatic heterocycles.